The maximum atomic E-state index is 13.1. The third-order valence-electron chi connectivity index (χ3n) is 5.86. The molecule has 0 saturated carbocycles. The predicted octanol–water partition coefficient (Wildman–Crippen LogP) is 2.37. The van der Waals surface area contributed by atoms with Gasteiger partial charge in [0.05, 0.1) is 18.4 Å². The Kier molecular flexibility index (Phi) is 5.22. The summed E-state index contributed by atoms with van der Waals surface area (Å²) in [6.45, 7) is 1.18. The van der Waals surface area contributed by atoms with Gasteiger partial charge in [0.1, 0.15) is 12.1 Å². The van der Waals surface area contributed by atoms with Crippen molar-refractivity contribution in [2.24, 2.45) is 0 Å². The lowest BCUT2D eigenvalue weighted by molar-refractivity contribution is -0.133. The minimum atomic E-state index is -1.24. The lowest BCUT2D eigenvalue weighted by Gasteiger charge is -2.23. The zero-order valence-corrected chi connectivity index (χ0v) is 17.4. The van der Waals surface area contributed by atoms with Gasteiger partial charge in [-0.15, -0.1) is 0 Å². The Hall–Kier alpha value is -3.68. The van der Waals surface area contributed by atoms with Crippen LogP contribution in [0.15, 0.2) is 42.5 Å². The Bertz CT molecular complexity index is 1100. The van der Waals surface area contributed by atoms with Crippen molar-refractivity contribution in [1.29, 1.82) is 0 Å². The highest BCUT2D eigenvalue weighted by atomic mass is 16.5. The fraction of sp³-hybridized carbons (Fsp3) is 0.304. The number of para-hydroxylation sites is 1. The maximum Gasteiger partial charge on any atom is 0.339 e. The van der Waals surface area contributed by atoms with Gasteiger partial charge in [-0.05, 0) is 55.0 Å². The lowest BCUT2D eigenvalue weighted by Crippen LogP contribution is -2.42. The fourth-order valence-electron chi connectivity index (χ4n) is 4.13. The molecule has 2 aliphatic rings. The molecule has 0 unspecified atom stereocenters. The Balaban J connectivity index is 1.51. The Morgan fingerprint density at radius 2 is 1.87 bits per heavy atom. The summed E-state index contributed by atoms with van der Waals surface area (Å²) >= 11 is 0. The van der Waals surface area contributed by atoms with Crippen molar-refractivity contribution >= 4 is 29.5 Å². The van der Waals surface area contributed by atoms with Crippen LogP contribution in [0.1, 0.15) is 40.4 Å². The second-order valence-corrected chi connectivity index (χ2v) is 7.87. The lowest BCUT2D eigenvalue weighted by atomic mass is 9.89. The summed E-state index contributed by atoms with van der Waals surface area (Å²) in [4.78, 5) is 51.1. The number of benzene rings is 2. The summed E-state index contributed by atoms with van der Waals surface area (Å²) in [6.07, 6.45) is 3.05. The van der Waals surface area contributed by atoms with E-state index in [1.165, 1.54) is 24.3 Å². The second kappa shape index (κ2) is 7.86. The van der Waals surface area contributed by atoms with Crippen LogP contribution in [-0.4, -0.2) is 42.4 Å². The average molecular weight is 421 g/mol. The van der Waals surface area contributed by atoms with Crippen molar-refractivity contribution in [3.8, 4) is 0 Å². The van der Waals surface area contributed by atoms with Gasteiger partial charge in [-0.25, -0.2) is 9.59 Å². The molecule has 1 atom stereocenters. The molecule has 2 aromatic carbocycles. The largest absolute Gasteiger partial charge is 0.465 e. The van der Waals surface area contributed by atoms with Gasteiger partial charge >= 0.3 is 12.0 Å². The van der Waals surface area contributed by atoms with E-state index < -0.39 is 35.9 Å². The highest BCUT2D eigenvalue weighted by molar-refractivity contribution is 6.11. The van der Waals surface area contributed by atoms with Gasteiger partial charge < -0.3 is 15.4 Å². The number of hydrogen-bond acceptors (Lipinski definition) is 5. The van der Waals surface area contributed by atoms with Crippen LogP contribution in [-0.2, 0) is 32.7 Å². The van der Waals surface area contributed by atoms with Crippen LogP contribution in [0.2, 0.25) is 0 Å². The summed E-state index contributed by atoms with van der Waals surface area (Å²) in [5, 5.41) is 5.31. The van der Waals surface area contributed by atoms with E-state index in [2.05, 4.69) is 10.6 Å². The molecule has 0 spiro atoms. The van der Waals surface area contributed by atoms with Gasteiger partial charge in [-0.3, -0.25) is 14.5 Å². The smallest absolute Gasteiger partial charge is 0.339 e. The molecule has 0 radical (unpaired) electrons. The first-order valence-corrected chi connectivity index (χ1v) is 10.1. The molecule has 1 aliphatic carbocycles. The minimum absolute atomic E-state index is 0.179. The highest BCUT2D eigenvalue weighted by Crippen LogP contribution is 2.32. The first-order chi connectivity index (χ1) is 14.8. The number of fused-ring (bicyclic) bond motifs is 1. The standard InChI is InChI=1S/C23H23N3O5/c1-23(16-11-10-14-6-5-7-15(14)12-16)21(29)26(22(30)25-23)13-19(27)24-18-9-4-3-8-17(18)20(28)31-2/h3-4,8-12H,5-7,13H2,1-2H3,(H,24,27)(H,25,30)/t23-/m0/s1. The van der Waals surface area contributed by atoms with E-state index in [0.717, 1.165) is 24.2 Å². The topological polar surface area (TPSA) is 105 Å². The molecule has 0 bridgehead atoms. The molecule has 2 aromatic rings. The number of methoxy groups -OCH3 is 1. The zero-order valence-electron chi connectivity index (χ0n) is 17.4. The van der Waals surface area contributed by atoms with Crippen molar-refractivity contribution in [2.45, 2.75) is 31.7 Å². The molecule has 1 heterocycles. The van der Waals surface area contributed by atoms with Crippen LogP contribution in [0, 0.1) is 0 Å². The number of nitrogens with one attached hydrogen (secondary N) is 2. The first-order valence-electron chi connectivity index (χ1n) is 10.1. The molecule has 31 heavy (non-hydrogen) atoms. The normalized spacial score (nSPS) is 19.7. The van der Waals surface area contributed by atoms with E-state index in [1.54, 1.807) is 25.1 Å². The van der Waals surface area contributed by atoms with Crippen LogP contribution in [0.4, 0.5) is 10.5 Å². The van der Waals surface area contributed by atoms with Crippen LogP contribution >= 0.6 is 0 Å². The minimum Gasteiger partial charge on any atom is -0.465 e. The summed E-state index contributed by atoms with van der Waals surface area (Å²) in [5.74, 6) is -1.69. The van der Waals surface area contributed by atoms with Gasteiger partial charge in [-0.2, -0.15) is 0 Å². The molecule has 0 aromatic heterocycles. The number of urea groups is 1. The maximum absolute atomic E-state index is 13.1. The summed E-state index contributed by atoms with van der Waals surface area (Å²) in [7, 11) is 1.24. The Morgan fingerprint density at radius 1 is 1.13 bits per heavy atom. The summed E-state index contributed by atoms with van der Waals surface area (Å²) in [6, 6.07) is 11.5. The van der Waals surface area contributed by atoms with E-state index in [4.69, 9.17) is 4.74 Å². The van der Waals surface area contributed by atoms with E-state index in [-0.39, 0.29) is 11.3 Å². The summed E-state index contributed by atoms with van der Waals surface area (Å²) < 4.78 is 4.72. The quantitative estimate of drug-likeness (QED) is 0.570. The number of nitrogens with zero attached hydrogens (tertiary/aromatic N) is 1. The van der Waals surface area contributed by atoms with Crippen molar-refractivity contribution in [3.63, 3.8) is 0 Å². The van der Waals surface area contributed by atoms with Crippen LogP contribution < -0.4 is 10.6 Å². The summed E-state index contributed by atoms with van der Waals surface area (Å²) in [5.41, 5.74) is 2.34. The molecular weight excluding hydrogens is 398 g/mol. The van der Waals surface area contributed by atoms with Gasteiger partial charge in [-0.1, -0.05) is 30.3 Å². The molecule has 8 heteroatoms. The average Bonchev–Trinajstić information content (AvgIpc) is 3.32. The molecule has 160 valence electrons. The number of carbonyl (C=O) groups is 4. The van der Waals surface area contributed by atoms with Crippen LogP contribution in [0.25, 0.3) is 0 Å². The van der Waals surface area contributed by atoms with E-state index >= 15 is 0 Å². The van der Waals surface area contributed by atoms with Gasteiger partial charge in [0.15, 0.2) is 0 Å². The number of esters is 1. The number of aryl methyl sites for hydroxylation is 2. The fourth-order valence-corrected chi connectivity index (χ4v) is 4.13. The number of rotatable bonds is 5. The van der Waals surface area contributed by atoms with Gasteiger partial charge in [0.2, 0.25) is 5.91 Å². The van der Waals surface area contributed by atoms with Crippen LogP contribution in [0.5, 0.6) is 0 Å². The molecular formula is C23H23N3O5. The number of imide groups is 1. The number of ether oxygens (including phenoxy) is 1. The number of amides is 4. The van der Waals surface area contributed by atoms with E-state index in [0.29, 0.717) is 5.56 Å². The first kappa shape index (κ1) is 20.6. The monoisotopic (exact) mass is 421 g/mol. The number of hydrogen-bond donors (Lipinski definition) is 2. The van der Waals surface area contributed by atoms with Crippen molar-refractivity contribution in [1.82, 2.24) is 10.2 Å². The molecule has 1 fully saturated rings. The molecule has 4 amide bonds. The van der Waals surface area contributed by atoms with E-state index in [9.17, 15) is 19.2 Å². The zero-order chi connectivity index (χ0) is 22.2. The molecule has 2 N–H and O–H groups in total. The SMILES string of the molecule is COC(=O)c1ccccc1NC(=O)CN1C(=O)N[C@@](C)(c2ccc3c(c2)CCC3)C1=O. The van der Waals surface area contributed by atoms with Crippen LogP contribution in [0.3, 0.4) is 0 Å². The molecule has 4 rings (SSSR count). The number of anilines is 1. The molecule has 8 nitrogen and oxygen atoms in total. The highest BCUT2D eigenvalue weighted by Gasteiger charge is 2.49. The van der Waals surface area contributed by atoms with E-state index in [1.807, 2.05) is 18.2 Å². The molecule has 1 saturated heterocycles. The molecule has 1 aliphatic heterocycles. The Labute approximate surface area is 179 Å². The van der Waals surface area contributed by atoms with Gasteiger partial charge in [0.25, 0.3) is 5.91 Å². The Morgan fingerprint density at radius 3 is 2.65 bits per heavy atom. The van der Waals surface area contributed by atoms with Crippen molar-refractivity contribution < 1.29 is 23.9 Å². The van der Waals surface area contributed by atoms with Crippen molar-refractivity contribution in [2.75, 3.05) is 19.0 Å². The second-order valence-electron chi connectivity index (χ2n) is 7.87. The van der Waals surface area contributed by atoms with Crippen molar-refractivity contribution in [3.05, 3.63) is 64.7 Å². The van der Waals surface area contributed by atoms with Gasteiger partial charge in [0, 0.05) is 0 Å². The third kappa shape index (κ3) is 3.65. The third-order valence-corrected chi connectivity index (χ3v) is 5.86. The number of carbonyl (C=O) groups excluding carboxylic acids is 4. The predicted molar refractivity (Wildman–Crippen MR) is 112 cm³/mol.